The van der Waals surface area contributed by atoms with Crippen LogP contribution in [0.5, 0.6) is 0 Å². The van der Waals surface area contributed by atoms with Crippen LogP contribution in [0, 0.1) is 0 Å². The number of rotatable bonds is 2. The summed E-state index contributed by atoms with van der Waals surface area (Å²) in [6.07, 6.45) is 1.26. The van der Waals surface area contributed by atoms with Crippen LogP contribution in [0.4, 0.5) is 0 Å². The lowest BCUT2D eigenvalue weighted by Gasteiger charge is -2.26. The summed E-state index contributed by atoms with van der Waals surface area (Å²) >= 11 is 18.5. The third-order valence-corrected chi connectivity index (χ3v) is 4.64. The Morgan fingerprint density at radius 3 is 2.71 bits per heavy atom. The van der Waals surface area contributed by atoms with Crippen LogP contribution in [-0.4, -0.2) is 22.0 Å². The van der Waals surface area contributed by atoms with Crippen molar-refractivity contribution in [3.05, 3.63) is 28.0 Å². The Balaban J connectivity index is 2.16. The highest BCUT2D eigenvalue weighted by Gasteiger charge is 2.26. The minimum absolute atomic E-state index is 0.0808. The molecule has 1 saturated heterocycles. The van der Waals surface area contributed by atoms with Crippen molar-refractivity contribution in [3.8, 4) is 0 Å². The Hall–Kier alpha value is -0.970. The molecule has 2 unspecified atom stereocenters. The number of aromatic nitrogens is 2. The van der Waals surface area contributed by atoms with Gasteiger partial charge < -0.3 is 9.88 Å². The van der Waals surface area contributed by atoms with Crippen molar-refractivity contribution in [3.63, 3.8) is 0 Å². The first-order valence-corrected chi connectivity index (χ1v) is 7.94. The summed E-state index contributed by atoms with van der Waals surface area (Å²) in [6, 6.07) is 3.69. The van der Waals surface area contributed by atoms with E-state index in [1.165, 1.54) is 0 Å². The molecule has 7 heteroatoms. The van der Waals surface area contributed by atoms with E-state index >= 15 is 0 Å². The van der Waals surface area contributed by atoms with Crippen molar-refractivity contribution in [1.82, 2.24) is 14.9 Å². The number of carbonyl (C=O) groups excluding carboxylic acids is 1. The van der Waals surface area contributed by atoms with Gasteiger partial charge >= 0.3 is 0 Å². The van der Waals surface area contributed by atoms with Gasteiger partial charge in [0.25, 0.3) is 0 Å². The Kier molecular flexibility index (Phi) is 4.04. The molecule has 0 saturated carbocycles. The van der Waals surface area contributed by atoms with Crippen LogP contribution in [0.15, 0.2) is 12.1 Å². The lowest BCUT2D eigenvalue weighted by atomic mass is 10.1. The maximum absolute atomic E-state index is 11.4. The van der Waals surface area contributed by atoms with Crippen molar-refractivity contribution in [2.24, 2.45) is 0 Å². The molecule has 2 atom stereocenters. The maximum Gasteiger partial charge on any atom is 0.220 e. The van der Waals surface area contributed by atoms with Gasteiger partial charge in [0, 0.05) is 13.0 Å². The second-order valence-electron chi connectivity index (χ2n) is 5.21. The van der Waals surface area contributed by atoms with E-state index in [0.29, 0.717) is 23.0 Å². The molecule has 4 nitrogen and oxygen atoms in total. The minimum atomic E-state index is -0.243. The molecule has 1 fully saturated rings. The van der Waals surface area contributed by atoms with E-state index in [4.69, 9.17) is 34.8 Å². The summed E-state index contributed by atoms with van der Waals surface area (Å²) in [5.74, 6) is 0.850. The van der Waals surface area contributed by atoms with Gasteiger partial charge in [0.15, 0.2) is 0 Å². The fraction of sp³-hybridized carbons (Fsp3) is 0.429. The van der Waals surface area contributed by atoms with Crippen molar-refractivity contribution in [1.29, 1.82) is 0 Å². The van der Waals surface area contributed by atoms with Crippen LogP contribution in [0.2, 0.25) is 10.0 Å². The molecule has 21 heavy (non-hydrogen) atoms. The molecule has 112 valence electrons. The van der Waals surface area contributed by atoms with E-state index in [2.05, 4.69) is 14.9 Å². The number of halogens is 3. The summed E-state index contributed by atoms with van der Waals surface area (Å²) < 4.78 is 2.08. The van der Waals surface area contributed by atoms with Gasteiger partial charge in [0.1, 0.15) is 5.82 Å². The molecule has 0 bridgehead atoms. The topological polar surface area (TPSA) is 46.9 Å². The first-order chi connectivity index (χ1) is 9.97. The molecule has 1 aromatic carbocycles. The van der Waals surface area contributed by atoms with Crippen molar-refractivity contribution < 1.29 is 4.79 Å². The average molecular weight is 347 g/mol. The fourth-order valence-corrected chi connectivity index (χ4v) is 3.18. The number of imidazole rings is 1. The van der Waals surface area contributed by atoms with Gasteiger partial charge in [-0.3, -0.25) is 4.79 Å². The van der Waals surface area contributed by atoms with Crippen LogP contribution >= 0.6 is 34.8 Å². The predicted octanol–water partition coefficient (Wildman–Crippen LogP) is 4.09. The van der Waals surface area contributed by atoms with Gasteiger partial charge in [-0.15, -0.1) is 11.6 Å². The van der Waals surface area contributed by atoms with E-state index in [1.54, 1.807) is 6.07 Å². The Morgan fingerprint density at radius 1 is 1.38 bits per heavy atom. The monoisotopic (exact) mass is 345 g/mol. The number of hydrogen-bond acceptors (Lipinski definition) is 2. The first kappa shape index (κ1) is 14.9. The molecule has 0 radical (unpaired) electrons. The third-order valence-electron chi connectivity index (χ3n) is 3.72. The summed E-state index contributed by atoms with van der Waals surface area (Å²) in [5, 5.41) is 3.60. The molecule has 1 aliphatic heterocycles. The van der Waals surface area contributed by atoms with Gasteiger partial charge in [0.2, 0.25) is 5.91 Å². The van der Waals surface area contributed by atoms with E-state index in [1.807, 2.05) is 13.0 Å². The summed E-state index contributed by atoms with van der Waals surface area (Å²) in [7, 11) is 0. The quantitative estimate of drug-likeness (QED) is 0.832. The Labute approximate surface area is 137 Å². The molecule has 1 aromatic heterocycles. The van der Waals surface area contributed by atoms with Crippen molar-refractivity contribution >= 4 is 51.7 Å². The number of nitrogens with zero attached hydrogens (tertiary/aromatic N) is 2. The van der Waals surface area contributed by atoms with Crippen LogP contribution < -0.4 is 5.32 Å². The van der Waals surface area contributed by atoms with E-state index < -0.39 is 0 Å². The average Bonchev–Trinajstić information content (AvgIpc) is 2.79. The zero-order valence-electron chi connectivity index (χ0n) is 11.4. The van der Waals surface area contributed by atoms with E-state index in [-0.39, 0.29) is 17.3 Å². The molecule has 1 amide bonds. The first-order valence-electron chi connectivity index (χ1n) is 6.75. The minimum Gasteiger partial charge on any atom is -0.354 e. The zero-order chi connectivity index (χ0) is 15.1. The Morgan fingerprint density at radius 2 is 2.10 bits per heavy atom. The zero-order valence-corrected chi connectivity index (χ0v) is 13.6. The molecular weight excluding hydrogens is 333 g/mol. The number of benzene rings is 1. The van der Waals surface area contributed by atoms with Crippen LogP contribution in [0.3, 0.4) is 0 Å². The van der Waals surface area contributed by atoms with Gasteiger partial charge in [-0.25, -0.2) is 4.98 Å². The molecule has 3 rings (SSSR count). The highest BCUT2D eigenvalue weighted by atomic mass is 35.5. The summed E-state index contributed by atoms with van der Waals surface area (Å²) in [6.45, 7) is 2.45. The number of fused-ring (bicyclic) bond motifs is 1. The van der Waals surface area contributed by atoms with Crippen LogP contribution in [0.1, 0.15) is 37.0 Å². The number of amides is 1. The van der Waals surface area contributed by atoms with E-state index in [9.17, 15) is 4.79 Å². The van der Waals surface area contributed by atoms with Crippen molar-refractivity contribution in [2.45, 2.75) is 31.2 Å². The summed E-state index contributed by atoms with van der Waals surface area (Å²) in [4.78, 5) is 15.9. The third kappa shape index (κ3) is 2.72. The fourth-order valence-electron chi connectivity index (χ4n) is 2.71. The summed E-state index contributed by atoms with van der Waals surface area (Å²) in [5.41, 5.74) is 1.66. The highest BCUT2D eigenvalue weighted by molar-refractivity contribution is 6.42. The van der Waals surface area contributed by atoms with Gasteiger partial charge in [0.05, 0.1) is 32.5 Å². The number of hydrogen-bond donors (Lipinski definition) is 1. The second-order valence-corrected chi connectivity index (χ2v) is 6.68. The molecule has 0 aliphatic carbocycles. The SMILES string of the molecule is CC(Cl)c1nc2cc(Cl)c(Cl)cc2n1C1CCC(=O)NC1. The number of carbonyl (C=O) groups is 1. The van der Waals surface area contributed by atoms with Gasteiger partial charge in [-0.1, -0.05) is 23.2 Å². The van der Waals surface area contributed by atoms with Gasteiger partial charge in [-0.05, 0) is 25.5 Å². The molecule has 0 spiro atoms. The highest BCUT2D eigenvalue weighted by Crippen LogP contribution is 2.34. The second kappa shape index (κ2) is 5.67. The number of alkyl halides is 1. The smallest absolute Gasteiger partial charge is 0.220 e. The molecule has 2 heterocycles. The molecular formula is C14H14Cl3N3O. The number of piperidine rings is 1. The molecule has 1 aliphatic rings. The maximum atomic E-state index is 11.4. The van der Waals surface area contributed by atoms with Crippen LogP contribution in [-0.2, 0) is 4.79 Å². The standard InChI is InChI=1S/C14H14Cl3N3O/c1-7(15)14-19-11-4-9(16)10(17)5-12(11)20(14)8-2-3-13(21)18-6-8/h4-5,7-8H,2-3,6H2,1H3,(H,18,21). The van der Waals surface area contributed by atoms with E-state index in [0.717, 1.165) is 23.3 Å². The lowest BCUT2D eigenvalue weighted by Crippen LogP contribution is -2.36. The Bertz CT molecular complexity index is 701. The van der Waals surface area contributed by atoms with Crippen molar-refractivity contribution in [2.75, 3.05) is 6.54 Å². The largest absolute Gasteiger partial charge is 0.354 e. The predicted molar refractivity (Wildman–Crippen MR) is 85.3 cm³/mol. The normalized spacial score (nSPS) is 20.6. The van der Waals surface area contributed by atoms with Crippen LogP contribution in [0.25, 0.3) is 11.0 Å². The molecule has 2 aromatic rings. The lowest BCUT2D eigenvalue weighted by molar-refractivity contribution is -0.122. The number of nitrogens with one attached hydrogen (secondary N) is 1. The molecule has 1 N–H and O–H groups in total. The van der Waals surface area contributed by atoms with Gasteiger partial charge in [-0.2, -0.15) is 0 Å².